The van der Waals surface area contributed by atoms with Crippen LogP contribution in [-0.4, -0.2) is 17.7 Å². The quantitative estimate of drug-likeness (QED) is 0.827. The summed E-state index contributed by atoms with van der Waals surface area (Å²) in [5.74, 6) is 0.441. The molecule has 0 saturated carbocycles. The first-order valence-corrected chi connectivity index (χ1v) is 6.31. The number of carbonyl (C=O) groups is 1. The third-order valence-corrected chi connectivity index (χ3v) is 4.02. The summed E-state index contributed by atoms with van der Waals surface area (Å²) in [6, 6.07) is 6.13. The number of carbonyl (C=O) groups excluding carboxylic acids is 1. The molecule has 0 saturated heterocycles. The van der Waals surface area contributed by atoms with Gasteiger partial charge in [0.1, 0.15) is 0 Å². The van der Waals surface area contributed by atoms with Gasteiger partial charge in [-0.25, -0.2) is 0 Å². The van der Waals surface area contributed by atoms with Crippen LogP contribution in [0.2, 0.25) is 0 Å². The highest BCUT2D eigenvalue weighted by atomic mass is 32.2. The zero-order chi connectivity index (χ0) is 11.7. The monoisotopic (exact) mass is 236 g/mol. The van der Waals surface area contributed by atoms with E-state index >= 15 is 0 Å². The fourth-order valence-electron chi connectivity index (χ4n) is 1.66. The van der Waals surface area contributed by atoms with Crippen molar-refractivity contribution in [3.63, 3.8) is 0 Å². The first-order chi connectivity index (χ1) is 7.61. The van der Waals surface area contributed by atoms with E-state index in [1.54, 1.807) is 11.8 Å². The van der Waals surface area contributed by atoms with Crippen LogP contribution >= 0.6 is 11.8 Å². The van der Waals surface area contributed by atoms with E-state index in [4.69, 9.17) is 5.73 Å². The molecule has 0 bridgehead atoms. The van der Waals surface area contributed by atoms with Crippen molar-refractivity contribution in [3.8, 4) is 0 Å². The lowest BCUT2D eigenvalue weighted by Crippen LogP contribution is -2.26. The van der Waals surface area contributed by atoms with E-state index in [0.29, 0.717) is 12.5 Å². The maximum Gasteiger partial charge on any atom is 0.237 e. The van der Waals surface area contributed by atoms with Gasteiger partial charge < -0.3 is 11.1 Å². The predicted molar refractivity (Wildman–Crippen MR) is 67.9 cm³/mol. The molecule has 2 rings (SSSR count). The maximum absolute atomic E-state index is 11.5. The maximum atomic E-state index is 11.5. The van der Waals surface area contributed by atoms with Crippen LogP contribution < -0.4 is 11.1 Å². The van der Waals surface area contributed by atoms with Gasteiger partial charge in [-0.05, 0) is 37.1 Å². The number of fused-ring (bicyclic) bond motifs is 1. The SMILES string of the molecule is CC1Sc2cc(C(C)CN)ccc2NC1=O. The molecule has 0 aliphatic carbocycles. The van der Waals surface area contributed by atoms with Crippen LogP contribution in [0, 0.1) is 0 Å². The molecule has 1 heterocycles. The molecule has 86 valence electrons. The van der Waals surface area contributed by atoms with E-state index in [1.165, 1.54) is 5.56 Å². The summed E-state index contributed by atoms with van der Waals surface area (Å²) in [5.41, 5.74) is 7.80. The standard InChI is InChI=1S/C12H16N2OS/c1-7(6-13)9-3-4-10-11(5-9)16-8(2)12(15)14-10/h3-5,7-8H,6,13H2,1-2H3,(H,14,15). The number of nitrogens with two attached hydrogens (primary N) is 1. The Balaban J connectivity index is 2.32. The Bertz CT molecular complexity index is 419. The summed E-state index contributed by atoms with van der Waals surface area (Å²) in [7, 11) is 0. The smallest absolute Gasteiger partial charge is 0.237 e. The molecule has 1 aliphatic rings. The number of nitrogens with one attached hydrogen (secondary N) is 1. The fourth-order valence-corrected chi connectivity index (χ4v) is 2.66. The van der Waals surface area contributed by atoms with Crippen LogP contribution in [0.25, 0.3) is 0 Å². The Morgan fingerprint density at radius 2 is 2.31 bits per heavy atom. The molecule has 1 aromatic rings. The summed E-state index contributed by atoms with van der Waals surface area (Å²) in [6.45, 7) is 4.67. The Morgan fingerprint density at radius 3 is 3.00 bits per heavy atom. The van der Waals surface area contributed by atoms with Crippen molar-refractivity contribution in [1.29, 1.82) is 0 Å². The van der Waals surface area contributed by atoms with E-state index < -0.39 is 0 Å². The zero-order valence-corrected chi connectivity index (χ0v) is 10.3. The first kappa shape index (κ1) is 11.5. The van der Waals surface area contributed by atoms with Gasteiger partial charge >= 0.3 is 0 Å². The predicted octanol–water partition coefficient (Wildman–Crippen LogP) is 2.18. The minimum atomic E-state index is -0.0177. The molecule has 2 atom stereocenters. The van der Waals surface area contributed by atoms with Crippen LogP contribution in [0.15, 0.2) is 23.1 Å². The van der Waals surface area contributed by atoms with Crippen LogP contribution in [0.1, 0.15) is 25.3 Å². The van der Waals surface area contributed by atoms with Crippen molar-refractivity contribution < 1.29 is 4.79 Å². The molecule has 2 unspecified atom stereocenters. The van der Waals surface area contributed by atoms with E-state index in [0.717, 1.165) is 10.6 Å². The lowest BCUT2D eigenvalue weighted by molar-refractivity contribution is -0.115. The minimum Gasteiger partial charge on any atom is -0.330 e. The minimum absolute atomic E-state index is 0.0177. The lowest BCUT2D eigenvalue weighted by atomic mass is 10.0. The molecule has 0 spiro atoms. The average molecular weight is 236 g/mol. The number of thioether (sulfide) groups is 1. The molecule has 0 fully saturated rings. The largest absolute Gasteiger partial charge is 0.330 e. The summed E-state index contributed by atoms with van der Waals surface area (Å²) >= 11 is 1.61. The van der Waals surface area contributed by atoms with Crippen molar-refractivity contribution in [2.24, 2.45) is 5.73 Å². The first-order valence-electron chi connectivity index (χ1n) is 5.43. The van der Waals surface area contributed by atoms with Crippen LogP contribution in [0.5, 0.6) is 0 Å². The molecule has 0 aromatic heterocycles. The molecule has 3 nitrogen and oxygen atoms in total. The average Bonchev–Trinajstić information content (AvgIpc) is 2.29. The second-order valence-electron chi connectivity index (χ2n) is 4.14. The zero-order valence-electron chi connectivity index (χ0n) is 9.49. The van der Waals surface area contributed by atoms with Crippen LogP contribution in [0.4, 0.5) is 5.69 Å². The van der Waals surface area contributed by atoms with E-state index in [9.17, 15) is 4.79 Å². The van der Waals surface area contributed by atoms with Crippen molar-refractivity contribution in [2.45, 2.75) is 29.9 Å². The summed E-state index contributed by atoms with van der Waals surface area (Å²) < 4.78 is 0. The number of amides is 1. The van der Waals surface area contributed by atoms with Crippen molar-refractivity contribution in [2.75, 3.05) is 11.9 Å². The molecule has 1 aromatic carbocycles. The lowest BCUT2D eigenvalue weighted by Gasteiger charge is -2.22. The third-order valence-electron chi connectivity index (χ3n) is 2.86. The highest BCUT2D eigenvalue weighted by Gasteiger charge is 2.23. The van der Waals surface area contributed by atoms with Gasteiger partial charge in [0.2, 0.25) is 5.91 Å². The topological polar surface area (TPSA) is 55.1 Å². The summed E-state index contributed by atoms with van der Waals surface area (Å²) in [6.07, 6.45) is 0. The molecule has 16 heavy (non-hydrogen) atoms. The number of benzene rings is 1. The number of hydrogen-bond acceptors (Lipinski definition) is 3. The van der Waals surface area contributed by atoms with Gasteiger partial charge in [0, 0.05) is 4.90 Å². The van der Waals surface area contributed by atoms with Gasteiger partial charge in [0.25, 0.3) is 0 Å². The highest BCUT2D eigenvalue weighted by Crippen LogP contribution is 2.37. The third kappa shape index (κ3) is 2.08. The second-order valence-corrected chi connectivity index (χ2v) is 5.52. The molecule has 0 radical (unpaired) electrons. The Morgan fingerprint density at radius 1 is 1.56 bits per heavy atom. The Kier molecular flexibility index (Phi) is 3.21. The molecular weight excluding hydrogens is 220 g/mol. The van der Waals surface area contributed by atoms with Gasteiger partial charge in [-0.15, -0.1) is 11.8 Å². The molecule has 3 N–H and O–H groups in total. The van der Waals surface area contributed by atoms with E-state index in [-0.39, 0.29) is 11.2 Å². The van der Waals surface area contributed by atoms with Crippen molar-refractivity contribution in [3.05, 3.63) is 23.8 Å². The van der Waals surface area contributed by atoms with Crippen LogP contribution in [-0.2, 0) is 4.79 Å². The Labute approximate surface area is 99.8 Å². The molecule has 1 aliphatic heterocycles. The van der Waals surface area contributed by atoms with Gasteiger partial charge in [-0.3, -0.25) is 4.79 Å². The molecular formula is C12H16N2OS. The van der Waals surface area contributed by atoms with E-state index in [2.05, 4.69) is 18.3 Å². The molecule has 4 heteroatoms. The van der Waals surface area contributed by atoms with Gasteiger partial charge in [0.05, 0.1) is 10.9 Å². The van der Waals surface area contributed by atoms with Crippen molar-refractivity contribution in [1.82, 2.24) is 0 Å². The number of hydrogen-bond donors (Lipinski definition) is 2. The van der Waals surface area contributed by atoms with Gasteiger partial charge in [-0.2, -0.15) is 0 Å². The normalized spacial score (nSPS) is 21.2. The Hall–Kier alpha value is -1.00. The van der Waals surface area contributed by atoms with Crippen molar-refractivity contribution >= 4 is 23.4 Å². The summed E-state index contributed by atoms with van der Waals surface area (Å²) in [4.78, 5) is 12.6. The summed E-state index contributed by atoms with van der Waals surface area (Å²) in [5, 5.41) is 2.89. The number of rotatable bonds is 2. The van der Waals surface area contributed by atoms with Gasteiger partial charge in [-0.1, -0.05) is 13.0 Å². The van der Waals surface area contributed by atoms with Gasteiger partial charge in [0.15, 0.2) is 0 Å². The highest BCUT2D eigenvalue weighted by molar-refractivity contribution is 8.00. The fraction of sp³-hybridized carbons (Fsp3) is 0.417. The van der Waals surface area contributed by atoms with E-state index in [1.807, 2.05) is 19.1 Å². The second kappa shape index (κ2) is 4.47. The number of anilines is 1. The van der Waals surface area contributed by atoms with Crippen LogP contribution in [0.3, 0.4) is 0 Å². The molecule has 1 amide bonds.